The van der Waals surface area contributed by atoms with Crippen LogP contribution in [-0.2, 0) is 0 Å². The summed E-state index contributed by atoms with van der Waals surface area (Å²) in [6, 6.07) is 9.45. The number of Topliss-reactive ketones (excluding diaryl/α,β-unsaturated/α-hetero) is 1. The lowest BCUT2D eigenvalue weighted by atomic mass is 10.2. The molecule has 0 aliphatic heterocycles. The van der Waals surface area contributed by atoms with E-state index in [0.29, 0.717) is 5.69 Å². The van der Waals surface area contributed by atoms with Gasteiger partial charge in [-0.05, 0) is 19.1 Å². The van der Waals surface area contributed by atoms with E-state index in [9.17, 15) is 4.79 Å². The van der Waals surface area contributed by atoms with Gasteiger partial charge in [0.15, 0.2) is 5.78 Å². The minimum absolute atomic E-state index is 0.110. The first-order valence-corrected chi connectivity index (χ1v) is 5.22. The van der Waals surface area contributed by atoms with Crippen molar-refractivity contribution >= 4 is 5.78 Å². The summed E-state index contributed by atoms with van der Waals surface area (Å²) in [5, 5.41) is 8.17. The predicted molar refractivity (Wildman–Crippen MR) is 63.8 cm³/mol. The highest BCUT2D eigenvalue weighted by Gasteiger charge is 2.09. The zero-order chi connectivity index (χ0) is 12.1. The van der Waals surface area contributed by atoms with Crippen molar-refractivity contribution in [2.45, 2.75) is 13.3 Å². The molecule has 17 heavy (non-hydrogen) atoms. The zero-order valence-corrected chi connectivity index (χ0v) is 9.42. The van der Waals surface area contributed by atoms with Gasteiger partial charge in [0.2, 0.25) is 0 Å². The molecule has 0 aliphatic carbocycles. The largest absolute Gasteiger partial charge is 0.291 e. The van der Waals surface area contributed by atoms with Crippen LogP contribution in [0.3, 0.4) is 0 Å². The van der Waals surface area contributed by atoms with Gasteiger partial charge in [0.1, 0.15) is 5.69 Å². The Labute approximate surface area is 99.3 Å². The fourth-order valence-electron chi connectivity index (χ4n) is 1.34. The molecule has 1 heterocycles. The molecule has 4 heteroatoms. The van der Waals surface area contributed by atoms with Gasteiger partial charge in [-0.3, -0.25) is 4.79 Å². The minimum atomic E-state index is -0.110. The summed E-state index contributed by atoms with van der Waals surface area (Å²) in [7, 11) is 0. The number of rotatable bonds is 3. The molecule has 0 fully saturated rings. The molecule has 2 rings (SSSR count). The van der Waals surface area contributed by atoms with E-state index in [1.807, 2.05) is 30.3 Å². The number of benzene rings is 1. The van der Waals surface area contributed by atoms with E-state index in [-0.39, 0.29) is 12.2 Å². The van der Waals surface area contributed by atoms with Crippen molar-refractivity contribution in [3.63, 3.8) is 0 Å². The van der Waals surface area contributed by atoms with Crippen LogP contribution in [0, 0.1) is 11.8 Å². The fraction of sp³-hybridized carbons (Fsp3) is 0.154. The second kappa shape index (κ2) is 5.08. The molecule has 4 nitrogen and oxygen atoms in total. The van der Waals surface area contributed by atoms with E-state index in [4.69, 9.17) is 0 Å². The van der Waals surface area contributed by atoms with Crippen LogP contribution in [0.5, 0.6) is 0 Å². The molecule has 1 aromatic carbocycles. The molecule has 0 radical (unpaired) electrons. The first-order valence-electron chi connectivity index (χ1n) is 5.22. The monoisotopic (exact) mass is 225 g/mol. The van der Waals surface area contributed by atoms with Gasteiger partial charge in [0.05, 0.1) is 18.3 Å². The summed E-state index contributed by atoms with van der Waals surface area (Å²) in [5.41, 5.74) is 1.17. The van der Waals surface area contributed by atoms with Gasteiger partial charge in [0, 0.05) is 0 Å². The molecular formula is C13H11N3O. The first kappa shape index (κ1) is 11.1. The normalized spacial score (nSPS) is 9.47. The first-order chi connectivity index (χ1) is 8.31. The van der Waals surface area contributed by atoms with Gasteiger partial charge in [-0.2, -0.15) is 9.90 Å². The summed E-state index contributed by atoms with van der Waals surface area (Å²) in [5.74, 6) is 5.29. The molecule has 0 spiro atoms. The molecule has 0 saturated heterocycles. The molecule has 0 saturated carbocycles. The molecule has 0 bridgehead atoms. The molecule has 0 amide bonds. The van der Waals surface area contributed by atoms with Crippen LogP contribution in [0.4, 0.5) is 0 Å². The molecule has 1 aromatic heterocycles. The Bertz CT molecular complexity index is 575. The highest BCUT2D eigenvalue weighted by Crippen LogP contribution is 2.05. The third-order valence-electron chi connectivity index (χ3n) is 2.19. The van der Waals surface area contributed by atoms with Crippen molar-refractivity contribution in [3.8, 4) is 17.5 Å². The zero-order valence-electron chi connectivity index (χ0n) is 9.42. The third-order valence-corrected chi connectivity index (χ3v) is 2.19. The second-order valence-corrected chi connectivity index (χ2v) is 3.38. The number of hydrogen-bond acceptors (Lipinski definition) is 3. The number of carbonyl (C=O) groups is 1. The highest BCUT2D eigenvalue weighted by atomic mass is 16.1. The van der Waals surface area contributed by atoms with Crippen LogP contribution in [0.1, 0.15) is 23.8 Å². The van der Waals surface area contributed by atoms with Gasteiger partial charge in [-0.25, -0.2) is 0 Å². The maximum atomic E-state index is 11.6. The van der Waals surface area contributed by atoms with E-state index in [0.717, 1.165) is 5.69 Å². The van der Waals surface area contributed by atoms with E-state index < -0.39 is 0 Å². The van der Waals surface area contributed by atoms with Crippen molar-refractivity contribution < 1.29 is 4.79 Å². The van der Waals surface area contributed by atoms with Gasteiger partial charge in [0.25, 0.3) is 0 Å². The standard InChI is InChI=1S/C13H11N3O/c1-2-3-9-13(17)12-10-14-16(15-12)11-7-5-4-6-8-11/h4-8,10H,9H2,1H3. The van der Waals surface area contributed by atoms with Gasteiger partial charge >= 0.3 is 0 Å². The average molecular weight is 225 g/mol. The SMILES string of the molecule is CC#CCC(=O)c1cnn(-c2ccccc2)n1. The summed E-state index contributed by atoms with van der Waals surface area (Å²) >= 11 is 0. The fourth-order valence-corrected chi connectivity index (χ4v) is 1.34. The lowest BCUT2D eigenvalue weighted by Gasteiger charge is -1.96. The van der Waals surface area contributed by atoms with E-state index in [1.165, 1.54) is 11.0 Å². The van der Waals surface area contributed by atoms with E-state index in [2.05, 4.69) is 22.0 Å². The minimum Gasteiger partial charge on any atom is -0.291 e. The Kier molecular flexibility index (Phi) is 3.31. The summed E-state index contributed by atoms with van der Waals surface area (Å²) < 4.78 is 0. The summed E-state index contributed by atoms with van der Waals surface area (Å²) in [4.78, 5) is 13.1. The van der Waals surface area contributed by atoms with Crippen LogP contribution in [0.15, 0.2) is 36.5 Å². The maximum absolute atomic E-state index is 11.6. The van der Waals surface area contributed by atoms with Crippen LogP contribution < -0.4 is 0 Å². The second-order valence-electron chi connectivity index (χ2n) is 3.38. The van der Waals surface area contributed by atoms with Gasteiger partial charge < -0.3 is 0 Å². The number of carbonyl (C=O) groups excluding carboxylic acids is 1. The molecule has 2 aromatic rings. The van der Waals surface area contributed by atoms with E-state index in [1.54, 1.807) is 6.92 Å². The lowest BCUT2D eigenvalue weighted by molar-refractivity contribution is 0.0993. The van der Waals surface area contributed by atoms with Crippen molar-refractivity contribution in [2.75, 3.05) is 0 Å². The number of ketones is 1. The van der Waals surface area contributed by atoms with Crippen LogP contribution in [0.25, 0.3) is 5.69 Å². The number of nitrogens with zero attached hydrogens (tertiary/aromatic N) is 3. The Hall–Kier alpha value is -2.41. The molecule has 0 atom stereocenters. The summed E-state index contributed by atoms with van der Waals surface area (Å²) in [6.45, 7) is 1.70. The highest BCUT2D eigenvalue weighted by molar-refractivity contribution is 5.95. The Morgan fingerprint density at radius 1 is 1.35 bits per heavy atom. The Balaban J connectivity index is 2.21. The quantitative estimate of drug-likeness (QED) is 0.591. The topological polar surface area (TPSA) is 47.8 Å². The Morgan fingerprint density at radius 3 is 2.82 bits per heavy atom. The van der Waals surface area contributed by atoms with Gasteiger partial charge in [-0.1, -0.05) is 24.1 Å². The van der Waals surface area contributed by atoms with Crippen molar-refractivity contribution in [3.05, 3.63) is 42.2 Å². The molecule has 0 aliphatic rings. The predicted octanol–water partition coefficient (Wildman–Crippen LogP) is 1.86. The number of para-hydroxylation sites is 1. The number of hydrogen-bond donors (Lipinski definition) is 0. The van der Waals surface area contributed by atoms with Crippen molar-refractivity contribution in [2.24, 2.45) is 0 Å². The third kappa shape index (κ3) is 2.58. The maximum Gasteiger partial charge on any atom is 0.196 e. The van der Waals surface area contributed by atoms with Crippen LogP contribution in [0.2, 0.25) is 0 Å². The smallest absolute Gasteiger partial charge is 0.196 e. The molecule has 0 unspecified atom stereocenters. The lowest BCUT2D eigenvalue weighted by Crippen LogP contribution is -2.02. The van der Waals surface area contributed by atoms with Crippen LogP contribution in [-0.4, -0.2) is 20.8 Å². The van der Waals surface area contributed by atoms with Gasteiger partial charge in [-0.15, -0.1) is 11.0 Å². The molecule has 84 valence electrons. The van der Waals surface area contributed by atoms with Crippen molar-refractivity contribution in [1.29, 1.82) is 0 Å². The average Bonchev–Trinajstić information content (AvgIpc) is 2.86. The number of aromatic nitrogens is 3. The van der Waals surface area contributed by atoms with E-state index >= 15 is 0 Å². The van der Waals surface area contributed by atoms with Crippen molar-refractivity contribution in [1.82, 2.24) is 15.0 Å². The molecular weight excluding hydrogens is 214 g/mol. The molecule has 0 N–H and O–H groups in total. The Morgan fingerprint density at radius 2 is 2.12 bits per heavy atom. The van der Waals surface area contributed by atoms with Crippen LogP contribution >= 0.6 is 0 Å². The summed E-state index contributed by atoms with van der Waals surface area (Å²) in [6.07, 6.45) is 1.65.